The maximum atomic E-state index is 13.1. The van der Waals surface area contributed by atoms with Gasteiger partial charge in [0.05, 0.1) is 17.7 Å². The van der Waals surface area contributed by atoms with E-state index in [2.05, 4.69) is 22.5 Å². The lowest BCUT2D eigenvalue weighted by atomic mass is 9.80. The van der Waals surface area contributed by atoms with Crippen LogP contribution in [0.2, 0.25) is 0 Å². The number of rotatable bonds is 8. The zero-order chi connectivity index (χ0) is 27.6. The highest BCUT2D eigenvalue weighted by atomic mass is 16.5. The summed E-state index contributed by atoms with van der Waals surface area (Å²) in [5.74, 6) is -2.18. The third-order valence-corrected chi connectivity index (χ3v) is 7.82. The smallest absolute Gasteiger partial charge is 0.262 e. The summed E-state index contributed by atoms with van der Waals surface area (Å²) in [4.78, 5) is 65.3. The first-order valence-electron chi connectivity index (χ1n) is 13.2. The molecule has 1 atom stereocenters. The van der Waals surface area contributed by atoms with Crippen LogP contribution < -0.4 is 15.5 Å². The van der Waals surface area contributed by atoms with Crippen LogP contribution in [0.15, 0.2) is 48.5 Å². The van der Waals surface area contributed by atoms with E-state index in [4.69, 9.17) is 4.74 Å². The number of hydrogen-bond acceptors (Lipinski definition) is 7. The van der Waals surface area contributed by atoms with Crippen molar-refractivity contribution in [3.05, 3.63) is 65.2 Å². The number of amides is 5. The summed E-state index contributed by atoms with van der Waals surface area (Å²) in [7, 11) is 0. The van der Waals surface area contributed by atoms with Gasteiger partial charge in [0.15, 0.2) is 0 Å². The van der Waals surface area contributed by atoms with E-state index in [1.807, 2.05) is 36.4 Å². The van der Waals surface area contributed by atoms with Crippen LogP contribution in [0.5, 0.6) is 0 Å². The number of nitrogens with one attached hydrogen (secondary N) is 2. The molecule has 39 heavy (non-hydrogen) atoms. The molecule has 0 aliphatic carbocycles. The molecule has 3 aliphatic heterocycles. The Morgan fingerprint density at radius 1 is 1.03 bits per heavy atom. The summed E-state index contributed by atoms with van der Waals surface area (Å²) < 4.78 is 5.53. The van der Waals surface area contributed by atoms with E-state index in [-0.39, 0.29) is 41.9 Å². The fraction of sp³-hybridized carbons (Fsp3) is 0.414. The number of carbonyl (C=O) groups is 5. The first-order chi connectivity index (χ1) is 18.7. The summed E-state index contributed by atoms with van der Waals surface area (Å²) in [5.41, 5.74) is 2.33. The van der Waals surface area contributed by atoms with Crippen molar-refractivity contribution in [3.63, 3.8) is 0 Å². The van der Waals surface area contributed by atoms with Crippen LogP contribution in [0.4, 0.5) is 5.69 Å². The maximum absolute atomic E-state index is 13.1. The number of benzene rings is 2. The van der Waals surface area contributed by atoms with Crippen molar-refractivity contribution in [3.8, 4) is 0 Å². The monoisotopic (exact) mass is 532 g/mol. The van der Waals surface area contributed by atoms with Gasteiger partial charge in [0.2, 0.25) is 17.7 Å². The van der Waals surface area contributed by atoms with Crippen LogP contribution >= 0.6 is 0 Å². The van der Waals surface area contributed by atoms with Gasteiger partial charge < -0.3 is 15.0 Å². The molecular formula is C29H32N4O6. The average Bonchev–Trinajstić information content (AvgIpc) is 3.18. The molecule has 5 rings (SSSR count). The quantitative estimate of drug-likeness (QED) is 0.499. The van der Waals surface area contributed by atoms with Gasteiger partial charge in [-0.1, -0.05) is 37.3 Å². The van der Waals surface area contributed by atoms with Crippen molar-refractivity contribution < 1.29 is 28.7 Å². The second-order valence-corrected chi connectivity index (χ2v) is 10.7. The Bertz CT molecular complexity index is 1300. The number of imide groups is 2. The summed E-state index contributed by atoms with van der Waals surface area (Å²) in [6, 6.07) is 13.9. The molecule has 0 radical (unpaired) electrons. The normalized spacial score (nSPS) is 20.6. The number of hydrogen-bond donors (Lipinski definition) is 2. The van der Waals surface area contributed by atoms with Crippen LogP contribution in [0.1, 0.15) is 58.9 Å². The van der Waals surface area contributed by atoms with Crippen LogP contribution in [-0.4, -0.2) is 66.7 Å². The number of fused-ring (bicyclic) bond motifs is 1. The number of piperidine rings is 2. The average molecular weight is 533 g/mol. The van der Waals surface area contributed by atoms with Gasteiger partial charge in [-0.25, -0.2) is 0 Å². The van der Waals surface area contributed by atoms with E-state index in [1.165, 1.54) is 0 Å². The lowest BCUT2D eigenvalue weighted by Gasteiger charge is -2.40. The Hall–Kier alpha value is -4.05. The van der Waals surface area contributed by atoms with Crippen molar-refractivity contribution in [1.29, 1.82) is 0 Å². The zero-order valence-electron chi connectivity index (χ0n) is 21.9. The molecule has 10 nitrogen and oxygen atoms in total. The maximum Gasteiger partial charge on any atom is 0.262 e. The first kappa shape index (κ1) is 26.6. The summed E-state index contributed by atoms with van der Waals surface area (Å²) in [5, 5.41) is 5.21. The molecular weight excluding hydrogens is 500 g/mol. The van der Waals surface area contributed by atoms with Crippen LogP contribution in [0, 0.1) is 5.41 Å². The van der Waals surface area contributed by atoms with Gasteiger partial charge in [-0.2, -0.15) is 0 Å². The van der Waals surface area contributed by atoms with Gasteiger partial charge in [0.1, 0.15) is 12.6 Å². The van der Waals surface area contributed by atoms with Crippen molar-refractivity contribution in [2.75, 3.05) is 31.1 Å². The van der Waals surface area contributed by atoms with Gasteiger partial charge in [-0.3, -0.25) is 34.2 Å². The minimum Gasteiger partial charge on any atom is -0.371 e. The Morgan fingerprint density at radius 2 is 1.74 bits per heavy atom. The molecule has 0 aromatic heterocycles. The van der Waals surface area contributed by atoms with Crippen LogP contribution in [-0.2, 0) is 25.7 Å². The van der Waals surface area contributed by atoms with E-state index < -0.39 is 29.7 Å². The number of nitrogens with zero attached hydrogens (tertiary/aromatic N) is 2. The topological polar surface area (TPSA) is 125 Å². The lowest BCUT2D eigenvalue weighted by molar-refractivity contribution is -0.136. The molecule has 204 valence electrons. The molecule has 0 bridgehead atoms. The first-order valence-corrected chi connectivity index (χ1v) is 13.2. The van der Waals surface area contributed by atoms with Crippen molar-refractivity contribution in [2.45, 2.75) is 45.3 Å². The van der Waals surface area contributed by atoms with E-state index in [0.29, 0.717) is 13.2 Å². The fourth-order valence-corrected chi connectivity index (χ4v) is 5.34. The zero-order valence-corrected chi connectivity index (χ0v) is 21.9. The molecule has 10 heteroatoms. The Balaban J connectivity index is 1.14. The van der Waals surface area contributed by atoms with E-state index in [9.17, 15) is 24.0 Å². The lowest BCUT2D eigenvalue weighted by Crippen LogP contribution is -2.54. The highest BCUT2D eigenvalue weighted by Crippen LogP contribution is 2.35. The molecule has 2 aromatic rings. The summed E-state index contributed by atoms with van der Waals surface area (Å²) >= 11 is 0. The van der Waals surface area contributed by atoms with Crippen molar-refractivity contribution >= 4 is 35.2 Å². The predicted octanol–water partition coefficient (Wildman–Crippen LogP) is 2.03. The highest BCUT2D eigenvalue weighted by Gasteiger charge is 2.45. The molecule has 1 unspecified atom stereocenters. The highest BCUT2D eigenvalue weighted by molar-refractivity contribution is 6.23. The Morgan fingerprint density at radius 3 is 2.46 bits per heavy atom. The molecule has 2 fully saturated rings. The standard InChI is InChI=1S/C29H32N4O6/c1-29(18-30-25(35)17-39-16-19-5-3-2-4-6-19)11-13-32(14-12-29)20-7-8-21-22(15-20)28(38)33(27(21)37)23-9-10-24(34)31-26(23)36/h2-8,15,23H,9-14,16-18H2,1H3,(H,30,35)(H,31,34,36). The number of carbonyl (C=O) groups excluding carboxylic acids is 5. The van der Waals surface area contributed by atoms with E-state index in [1.54, 1.807) is 12.1 Å². The van der Waals surface area contributed by atoms with Crippen LogP contribution in [0.25, 0.3) is 0 Å². The summed E-state index contributed by atoms with van der Waals surface area (Å²) in [6.45, 7) is 4.56. The minimum atomic E-state index is -0.979. The Labute approximate surface area is 226 Å². The van der Waals surface area contributed by atoms with E-state index >= 15 is 0 Å². The van der Waals surface area contributed by atoms with Gasteiger partial charge in [0, 0.05) is 31.7 Å². The molecule has 3 aliphatic rings. The molecule has 5 amide bonds. The number of ether oxygens (including phenoxy) is 1. The molecule has 0 saturated carbocycles. The Kier molecular flexibility index (Phi) is 7.47. The van der Waals surface area contributed by atoms with Crippen molar-refractivity contribution in [2.24, 2.45) is 5.41 Å². The van der Waals surface area contributed by atoms with Crippen molar-refractivity contribution in [1.82, 2.24) is 15.5 Å². The predicted molar refractivity (Wildman–Crippen MR) is 142 cm³/mol. The van der Waals surface area contributed by atoms with Gasteiger partial charge in [-0.15, -0.1) is 0 Å². The van der Waals surface area contributed by atoms with E-state index in [0.717, 1.165) is 42.1 Å². The minimum absolute atomic E-state index is 0.00875. The largest absolute Gasteiger partial charge is 0.371 e. The van der Waals surface area contributed by atoms with Crippen LogP contribution in [0.3, 0.4) is 0 Å². The fourth-order valence-electron chi connectivity index (χ4n) is 5.34. The second kappa shape index (κ2) is 11.0. The van der Waals surface area contributed by atoms with Gasteiger partial charge in [0.25, 0.3) is 11.8 Å². The van der Waals surface area contributed by atoms with Gasteiger partial charge in [-0.05, 0) is 48.4 Å². The summed E-state index contributed by atoms with van der Waals surface area (Å²) in [6.07, 6.45) is 1.89. The molecule has 2 aromatic carbocycles. The molecule has 0 spiro atoms. The molecule has 2 saturated heterocycles. The number of anilines is 1. The second-order valence-electron chi connectivity index (χ2n) is 10.7. The SMILES string of the molecule is CC1(CNC(=O)COCc2ccccc2)CCN(c2ccc3c(c2)C(=O)N(C2CCC(=O)NC2=O)C3=O)CC1. The van der Waals surface area contributed by atoms with Gasteiger partial charge >= 0.3 is 0 Å². The third-order valence-electron chi connectivity index (χ3n) is 7.82. The third kappa shape index (κ3) is 5.70. The molecule has 2 N–H and O–H groups in total. The molecule has 3 heterocycles.